The summed E-state index contributed by atoms with van der Waals surface area (Å²) in [7, 11) is 0. The second-order valence-corrected chi connectivity index (χ2v) is 7.87. The van der Waals surface area contributed by atoms with Gasteiger partial charge in [0, 0.05) is 10.2 Å². The van der Waals surface area contributed by atoms with Crippen molar-refractivity contribution >= 4 is 27.5 Å². The van der Waals surface area contributed by atoms with E-state index in [4.69, 9.17) is 0 Å². The van der Waals surface area contributed by atoms with Crippen molar-refractivity contribution in [3.8, 4) is 0 Å². The van der Waals surface area contributed by atoms with Crippen LogP contribution in [-0.2, 0) is 4.79 Å². The number of hydrogen-bond acceptors (Lipinski definition) is 1. The SMILES string of the molecule is C[C@]12CC[C@H]3[C@]1(C)C[C@]32C(=O)Nc1ccc(Br)cc1. The van der Waals surface area contributed by atoms with E-state index in [0.717, 1.165) is 16.6 Å². The van der Waals surface area contributed by atoms with Crippen molar-refractivity contribution in [2.75, 3.05) is 5.32 Å². The molecule has 1 aromatic carbocycles. The zero-order valence-corrected chi connectivity index (χ0v) is 12.9. The van der Waals surface area contributed by atoms with E-state index in [1.54, 1.807) is 0 Å². The number of halogens is 1. The van der Waals surface area contributed by atoms with Gasteiger partial charge in [0.25, 0.3) is 0 Å². The van der Waals surface area contributed by atoms with Crippen LogP contribution in [-0.4, -0.2) is 5.91 Å². The molecule has 19 heavy (non-hydrogen) atoms. The second kappa shape index (κ2) is 3.25. The molecule has 0 aliphatic heterocycles. The maximum absolute atomic E-state index is 12.7. The molecule has 5 saturated carbocycles. The van der Waals surface area contributed by atoms with Crippen LogP contribution in [0.3, 0.4) is 0 Å². The number of nitrogens with one attached hydrogen (secondary N) is 1. The molecule has 5 aliphatic carbocycles. The molecule has 4 atom stereocenters. The molecule has 0 radical (unpaired) electrons. The molecular formula is C16H18BrNO. The van der Waals surface area contributed by atoms with Gasteiger partial charge in [0.1, 0.15) is 0 Å². The highest BCUT2D eigenvalue weighted by molar-refractivity contribution is 9.10. The number of fused-ring (bicyclic) bond motifs is 1. The summed E-state index contributed by atoms with van der Waals surface area (Å²) in [6.45, 7) is 4.69. The van der Waals surface area contributed by atoms with Gasteiger partial charge in [-0.15, -0.1) is 0 Å². The first-order chi connectivity index (χ1) is 8.94. The summed E-state index contributed by atoms with van der Waals surface area (Å²) in [6, 6.07) is 7.85. The fourth-order valence-corrected chi connectivity index (χ4v) is 5.76. The van der Waals surface area contributed by atoms with Gasteiger partial charge in [0.15, 0.2) is 0 Å². The van der Waals surface area contributed by atoms with Crippen molar-refractivity contribution in [3.63, 3.8) is 0 Å². The molecule has 0 heterocycles. The summed E-state index contributed by atoms with van der Waals surface area (Å²) in [6.07, 6.45) is 3.55. The highest BCUT2D eigenvalue weighted by Gasteiger charge is 2.91. The highest BCUT2D eigenvalue weighted by Crippen LogP contribution is 2.93. The summed E-state index contributed by atoms with van der Waals surface area (Å²) in [5, 5.41) is 3.13. The molecular weight excluding hydrogens is 302 g/mol. The quantitative estimate of drug-likeness (QED) is 0.869. The maximum Gasteiger partial charge on any atom is 0.231 e. The molecule has 0 aromatic heterocycles. The number of amides is 1. The Balaban J connectivity index is 1.59. The average molecular weight is 320 g/mol. The molecule has 100 valence electrons. The van der Waals surface area contributed by atoms with Crippen LogP contribution in [0.5, 0.6) is 0 Å². The van der Waals surface area contributed by atoms with E-state index in [1.807, 2.05) is 24.3 Å². The van der Waals surface area contributed by atoms with Crippen LogP contribution < -0.4 is 5.32 Å². The molecule has 3 heteroatoms. The van der Waals surface area contributed by atoms with Crippen LogP contribution in [0.1, 0.15) is 33.1 Å². The fraction of sp³-hybridized carbons (Fsp3) is 0.562. The number of benzene rings is 1. The topological polar surface area (TPSA) is 29.1 Å². The Hall–Kier alpha value is -0.830. The fourth-order valence-electron chi connectivity index (χ4n) is 5.49. The number of anilines is 1. The number of rotatable bonds is 2. The van der Waals surface area contributed by atoms with Crippen molar-refractivity contribution in [2.45, 2.75) is 33.1 Å². The summed E-state index contributed by atoms with van der Waals surface area (Å²) >= 11 is 3.42. The minimum absolute atomic E-state index is 0.0607. The Morgan fingerprint density at radius 1 is 1.32 bits per heavy atom. The minimum atomic E-state index is -0.0607. The molecule has 0 unspecified atom stereocenters. The van der Waals surface area contributed by atoms with Crippen molar-refractivity contribution in [1.82, 2.24) is 0 Å². The molecule has 2 nitrogen and oxygen atoms in total. The molecule has 1 N–H and O–H groups in total. The summed E-state index contributed by atoms with van der Waals surface area (Å²) in [5.74, 6) is 0.879. The third kappa shape index (κ3) is 1.06. The highest BCUT2D eigenvalue weighted by atomic mass is 79.9. The lowest BCUT2D eigenvalue weighted by Gasteiger charge is -2.81. The number of carbonyl (C=O) groups is 1. The first-order valence-electron chi connectivity index (χ1n) is 7.01. The van der Waals surface area contributed by atoms with Gasteiger partial charge < -0.3 is 5.32 Å². The van der Waals surface area contributed by atoms with Gasteiger partial charge in [0.2, 0.25) is 5.91 Å². The van der Waals surface area contributed by atoms with E-state index in [2.05, 4.69) is 35.1 Å². The molecule has 4 bridgehead atoms. The van der Waals surface area contributed by atoms with E-state index in [0.29, 0.717) is 11.3 Å². The lowest BCUT2D eigenvalue weighted by Crippen LogP contribution is -2.81. The van der Waals surface area contributed by atoms with Crippen LogP contribution in [0.4, 0.5) is 5.69 Å². The first kappa shape index (κ1) is 12.0. The Morgan fingerprint density at radius 2 is 2.00 bits per heavy atom. The summed E-state index contributed by atoms with van der Waals surface area (Å²) < 4.78 is 1.04. The monoisotopic (exact) mass is 319 g/mol. The Labute approximate surface area is 122 Å². The van der Waals surface area contributed by atoms with Crippen molar-refractivity contribution in [1.29, 1.82) is 0 Å². The predicted molar refractivity (Wildman–Crippen MR) is 78.8 cm³/mol. The van der Waals surface area contributed by atoms with Gasteiger partial charge in [-0.1, -0.05) is 29.8 Å². The van der Waals surface area contributed by atoms with Gasteiger partial charge in [0.05, 0.1) is 5.41 Å². The normalized spacial score (nSPS) is 45.3. The van der Waals surface area contributed by atoms with Crippen LogP contribution in [0, 0.1) is 22.2 Å². The number of carbonyl (C=O) groups excluding carboxylic acids is 1. The molecule has 5 aliphatic rings. The predicted octanol–water partition coefficient (Wildman–Crippen LogP) is 4.21. The lowest BCUT2D eigenvalue weighted by molar-refractivity contribution is -0.326. The molecule has 0 spiro atoms. The van der Waals surface area contributed by atoms with Crippen LogP contribution in [0.2, 0.25) is 0 Å². The zero-order chi connectivity index (χ0) is 13.5. The van der Waals surface area contributed by atoms with Gasteiger partial charge in [-0.25, -0.2) is 0 Å². The Bertz CT molecular complexity index is 583. The third-order valence-corrected chi connectivity index (χ3v) is 7.22. The third-order valence-electron chi connectivity index (χ3n) is 6.70. The van der Waals surface area contributed by atoms with Gasteiger partial charge in [-0.2, -0.15) is 0 Å². The van der Waals surface area contributed by atoms with E-state index >= 15 is 0 Å². The van der Waals surface area contributed by atoms with E-state index in [1.165, 1.54) is 12.8 Å². The van der Waals surface area contributed by atoms with Gasteiger partial charge in [-0.05, 0) is 60.3 Å². The average Bonchev–Trinajstić information content (AvgIpc) is 2.76. The molecule has 1 aromatic rings. The largest absolute Gasteiger partial charge is 0.326 e. The molecule has 6 rings (SSSR count). The summed E-state index contributed by atoms with van der Waals surface area (Å²) in [4.78, 5) is 12.7. The van der Waals surface area contributed by atoms with E-state index < -0.39 is 0 Å². The van der Waals surface area contributed by atoms with Crippen molar-refractivity contribution in [2.24, 2.45) is 22.2 Å². The zero-order valence-electron chi connectivity index (χ0n) is 11.3. The number of hydrogen-bond donors (Lipinski definition) is 1. The van der Waals surface area contributed by atoms with Crippen molar-refractivity contribution < 1.29 is 4.79 Å². The minimum Gasteiger partial charge on any atom is -0.326 e. The summed E-state index contributed by atoms with van der Waals surface area (Å²) in [5.41, 5.74) is 1.55. The second-order valence-electron chi connectivity index (χ2n) is 6.95. The van der Waals surface area contributed by atoms with Crippen LogP contribution in [0.25, 0.3) is 0 Å². The Kier molecular flexibility index (Phi) is 2.04. The van der Waals surface area contributed by atoms with Crippen LogP contribution >= 0.6 is 15.9 Å². The van der Waals surface area contributed by atoms with Crippen LogP contribution in [0.15, 0.2) is 28.7 Å². The standard InChI is InChI=1S/C16H18BrNO/c1-14-9-16(12(14)7-8-15(14,16)2)13(19)18-11-5-3-10(17)4-6-11/h3-6,12H,7-9H2,1-2H3,(H,18,19)/t12-,14-,15-,16+/m0/s1. The molecule has 0 saturated heterocycles. The van der Waals surface area contributed by atoms with E-state index in [9.17, 15) is 4.79 Å². The Morgan fingerprint density at radius 3 is 2.53 bits per heavy atom. The smallest absolute Gasteiger partial charge is 0.231 e. The van der Waals surface area contributed by atoms with Gasteiger partial charge >= 0.3 is 0 Å². The van der Waals surface area contributed by atoms with Crippen molar-refractivity contribution in [3.05, 3.63) is 28.7 Å². The van der Waals surface area contributed by atoms with E-state index in [-0.39, 0.29) is 16.7 Å². The maximum atomic E-state index is 12.7. The van der Waals surface area contributed by atoms with Gasteiger partial charge in [-0.3, -0.25) is 4.79 Å². The lowest BCUT2D eigenvalue weighted by atomic mass is 9.21. The first-order valence-corrected chi connectivity index (χ1v) is 7.80. The molecule has 5 fully saturated rings. The molecule has 1 amide bonds.